The summed E-state index contributed by atoms with van der Waals surface area (Å²) in [5, 5.41) is 9.55. The van der Waals surface area contributed by atoms with Crippen LogP contribution in [0.25, 0.3) is 0 Å². The van der Waals surface area contributed by atoms with Crippen LogP contribution < -0.4 is 0 Å². The molecule has 0 bridgehead atoms. The lowest BCUT2D eigenvalue weighted by Crippen LogP contribution is -2.53. The van der Waals surface area contributed by atoms with Gasteiger partial charge in [0, 0.05) is 38.3 Å². The van der Waals surface area contributed by atoms with E-state index >= 15 is 0 Å². The van der Waals surface area contributed by atoms with Crippen molar-refractivity contribution in [2.45, 2.75) is 64.1 Å². The molecule has 0 amide bonds. The third kappa shape index (κ3) is 3.43. The molecule has 0 aromatic carbocycles. The van der Waals surface area contributed by atoms with Gasteiger partial charge in [0.25, 0.3) is 0 Å². The molecule has 1 unspecified atom stereocenters. The van der Waals surface area contributed by atoms with Crippen molar-refractivity contribution >= 4 is 0 Å². The fraction of sp³-hybridized carbons (Fsp3) is 1.00. The second kappa shape index (κ2) is 6.17. The summed E-state index contributed by atoms with van der Waals surface area (Å²) in [6, 6.07) is 1.49. The van der Waals surface area contributed by atoms with E-state index < -0.39 is 0 Å². The number of rotatable bonds is 3. The average Bonchev–Trinajstić information content (AvgIpc) is 2.39. The summed E-state index contributed by atoms with van der Waals surface area (Å²) < 4.78 is 0. The quantitative estimate of drug-likeness (QED) is 0.813. The van der Waals surface area contributed by atoms with E-state index in [1.165, 1.54) is 45.4 Å². The monoisotopic (exact) mass is 240 g/mol. The summed E-state index contributed by atoms with van der Waals surface area (Å²) in [5.74, 6) is 0. The van der Waals surface area contributed by atoms with E-state index in [2.05, 4.69) is 23.6 Å². The van der Waals surface area contributed by atoms with Gasteiger partial charge in [-0.1, -0.05) is 6.92 Å². The van der Waals surface area contributed by atoms with Crippen molar-refractivity contribution in [1.82, 2.24) is 9.80 Å². The van der Waals surface area contributed by atoms with Gasteiger partial charge in [0.1, 0.15) is 0 Å². The van der Waals surface area contributed by atoms with Gasteiger partial charge in [0.2, 0.25) is 0 Å². The molecule has 1 saturated heterocycles. The van der Waals surface area contributed by atoms with Gasteiger partial charge < -0.3 is 5.11 Å². The Kier molecular flexibility index (Phi) is 4.83. The van der Waals surface area contributed by atoms with Crippen LogP contribution in [-0.4, -0.2) is 59.3 Å². The average molecular weight is 240 g/mol. The largest absolute Gasteiger partial charge is 0.393 e. The lowest BCUT2D eigenvalue weighted by atomic mass is 9.91. The number of nitrogens with zero attached hydrogens (tertiary/aromatic N) is 2. The number of aliphatic hydroxyl groups excluding tert-OH is 1. The summed E-state index contributed by atoms with van der Waals surface area (Å²) in [6.45, 7) is 9.53. The van der Waals surface area contributed by atoms with Crippen molar-refractivity contribution in [3.63, 3.8) is 0 Å². The van der Waals surface area contributed by atoms with Crippen LogP contribution in [0.4, 0.5) is 0 Å². The van der Waals surface area contributed by atoms with Crippen LogP contribution in [0, 0.1) is 0 Å². The van der Waals surface area contributed by atoms with Crippen molar-refractivity contribution in [3.05, 3.63) is 0 Å². The van der Waals surface area contributed by atoms with E-state index in [-0.39, 0.29) is 6.10 Å². The maximum atomic E-state index is 9.55. The molecule has 17 heavy (non-hydrogen) atoms. The van der Waals surface area contributed by atoms with Gasteiger partial charge in [-0.05, 0) is 39.0 Å². The van der Waals surface area contributed by atoms with Crippen LogP contribution in [0.15, 0.2) is 0 Å². The minimum absolute atomic E-state index is 0.0207. The number of piperazine rings is 1. The molecule has 1 heterocycles. The van der Waals surface area contributed by atoms with Crippen LogP contribution >= 0.6 is 0 Å². The van der Waals surface area contributed by atoms with Gasteiger partial charge in [0.15, 0.2) is 0 Å². The van der Waals surface area contributed by atoms with Crippen molar-refractivity contribution < 1.29 is 5.11 Å². The van der Waals surface area contributed by atoms with Gasteiger partial charge in [-0.2, -0.15) is 0 Å². The molecule has 0 radical (unpaired) electrons. The Bertz CT molecular complexity index is 218. The molecule has 1 aliphatic heterocycles. The van der Waals surface area contributed by atoms with Crippen LogP contribution in [-0.2, 0) is 0 Å². The molecule has 3 heteroatoms. The van der Waals surface area contributed by atoms with Gasteiger partial charge in [-0.3, -0.25) is 9.80 Å². The van der Waals surface area contributed by atoms with E-state index in [1.807, 2.05) is 0 Å². The van der Waals surface area contributed by atoms with Crippen LogP contribution in [0.2, 0.25) is 0 Å². The van der Waals surface area contributed by atoms with Gasteiger partial charge in [-0.25, -0.2) is 0 Å². The highest BCUT2D eigenvalue weighted by molar-refractivity contribution is 4.84. The van der Waals surface area contributed by atoms with E-state index in [9.17, 15) is 5.11 Å². The molecule has 1 aliphatic carbocycles. The summed E-state index contributed by atoms with van der Waals surface area (Å²) in [6.07, 6.45) is 5.66. The van der Waals surface area contributed by atoms with Crippen molar-refractivity contribution in [2.24, 2.45) is 0 Å². The Balaban J connectivity index is 1.75. The minimum Gasteiger partial charge on any atom is -0.393 e. The Hall–Kier alpha value is -0.120. The Labute approximate surface area is 106 Å². The number of hydrogen-bond donors (Lipinski definition) is 1. The minimum atomic E-state index is -0.0207. The Morgan fingerprint density at radius 3 is 2.18 bits per heavy atom. The van der Waals surface area contributed by atoms with Crippen LogP contribution in [0.3, 0.4) is 0 Å². The SMILES string of the molecule is CCC(C)N1CCN(C2CCC(O)CC2)CC1. The third-order valence-corrected chi connectivity index (χ3v) is 4.75. The van der Waals surface area contributed by atoms with Crippen molar-refractivity contribution in [1.29, 1.82) is 0 Å². The molecule has 0 aromatic heterocycles. The zero-order valence-electron chi connectivity index (χ0n) is 11.4. The molecular formula is C14H28N2O. The molecule has 1 atom stereocenters. The molecule has 1 N–H and O–H groups in total. The van der Waals surface area contributed by atoms with Gasteiger partial charge in [0.05, 0.1) is 6.10 Å². The second-order valence-corrected chi connectivity index (χ2v) is 5.79. The predicted molar refractivity (Wildman–Crippen MR) is 71.2 cm³/mol. The highest BCUT2D eigenvalue weighted by Gasteiger charge is 2.28. The van der Waals surface area contributed by atoms with Gasteiger partial charge in [-0.15, -0.1) is 0 Å². The fourth-order valence-corrected chi connectivity index (χ4v) is 3.22. The first-order valence-corrected chi connectivity index (χ1v) is 7.37. The van der Waals surface area contributed by atoms with E-state index in [1.54, 1.807) is 0 Å². The van der Waals surface area contributed by atoms with Crippen LogP contribution in [0.1, 0.15) is 46.0 Å². The highest BCUT2D eigenvalue weighted by Crippen LogP contribution is 2.24. The summed E-state index contributed by atoms with van der Waals surface area (Å²) in [4.78, 5) is 5.28. The molecular weight excluding hydrogens is 212 g/mol. The molecule has 0 spiro atoms. The maximum absolute atomic E-state index is 9.55. The normalized spacial score (nSPS) is 34.8. The van der Waals surface area contributed by atoms with Crippen molar-refractivity contribution in [3.8, 4) is 0 Å². The number of aliphatic hydroxyl groups is 1. The summed E-state index contributed by atoms with van der Waals surface area (Å²) in [5.41, 5.74) is 0. The first-order chi connectivity index (χ1) is 8.20. The molecule has 2 aliphatic rings. The number of hydrogen-bond acceptors (Lipinski definition) is 3. The zero-order chi connectivity index (χ0) is 12.3. The standard InChI is InChI=1S/C14H28N2O/c1-3-12(2)15-8-10-16(11-9-15)13-4-6-14(17)7-5-13/h12-14,17H,3-11H2,1-2H3. The van der Waals surface area contributed by atoms with E-state index in [0.29, 0.717) is 0 Å². The summed E-state index contributed by atoms with van der Waals surface area (Å²) >= 11 is 0. The lowest BCUT2D eigenvalue weighted by Gasteiger charge is -2.43. The Morgan fingerprint density at radius 1 is 1.06 bits per heavy atom. The third-order valence-electron chi connectivity index (χ3n) is 4.75. The smallest absolute Gasteiger partial charge is 0.0541 e. The zero-order valence-corrected chi connectivity index (χ0v) is 11.4. The van der Waals surface area contributed by atoms with Crippen molar-refractivity contribution in [2.75, 3.05) is 26.2 Å². The Morgan fingerprint density at radius 2 is 1.65 bits per heavy atom. The summed E-state index contributed by atoms with van der Waals surface area (Å²) in [7, 11) is 0. The molecule has 100 valence electrons. The molecule has 3 nitrogen and oxygen atoms in total. The molecule has 2 fully saturated rings. The molecule has 2 rings (SSSR count). The van der Waals surface area contributed by atoms with Crippen LogP contribution in [0.5, 0.6) is 0 Å². The second-order valence-electron chi connectivity index (χ2n) is 5.79. The lowest BCUT2D eigenvalue weighted by molar-refractivity contribution is 0.0339. The fourth-order valence-electron chi connectivity index (χ4n) is 3.22. The van der Waals surface area contributed by atoms with E-state index in [0.717, 1.165) is 24.9 Å². The topological polar surface area (TPSA) is 26.7 Å². The first kappa shape index (κ1) is 13.3. The highest BCUT2D eigenvalue weighted by atomic mass is 16.3. The maximum Gasteiger partial charge on any atom is 0.0541 e. The predicted octanol–water partition coefficient (Wildman–Crippen LogP) is 1.71. The molecule has 0 aromatic rings. The first-order valence-electron chi connectivity index (χ1n) is 7.37. The van der Waals surface area contributed by atoms with E-state index in [4.69, 9.17) is 0 Å². The molecule has 1 saturated carbocycles. The van der Waals surface area contributed by atoms with Gasteiger partial charge >= 0.3 is 0 Å².